The van der Waals surface area contributed by atoms with Crippen LogP contribution in [0.25, 0.3) is 0 Å². The van der Waals surface area contributed by atoms with Crippen LogP contribution in [0.2, 0.25) is 0 Å². The van der Waals surface area contributed by atoms with Gasteiger partial charge >= 0.3 is 0 Å². The summed E-state index contributed by atoms with van der Waals surface area (Å²) in [4.78, 5) is 0. The standard InChI is InChI=1S/C11H16O4S/c1-2-8-15-16(12,13)10-14-9-11-6-4-3-5-7-11/h3-7H,2,8-10H2,1H3. The molecule has 0 aliphatic carbocycles. The summed E-state index contributed by atoms with van der Waals surface area (Å²) in [6, 6.07) is 9.39. The normalized spacial score (nSPS) is 11.6. The van der Waals surface area contributed by atoms with E-state index in [0.717, 1.165) is 5.56 Å². The Kier molecular flexibility index (Phi) is 5.45. The first kappa shape index (κ1) is 13.2. The van der Waals surface area contributed by atoms with Gasteiger partial charge in [-0.3, -0.25) is 4.18 Å². The van der Waals surface area contributed by atoms with E-state index in [2.05, 4.69) is 4.18 Å². The fourth-order valence-corrected chi connectivity index (χ4v) is 1.86. The summed E-state index contributed by atoms with van der Waals surface area (Å²) < 4.78 is 32.2. The second-order valence-electron chi connectivity index (χ2n) is 3.33. The predicted molar refractivity (Wildman–Crippen MR) is 61.3 cm³/mol. The number of hydrogen-bond acceptors (Lipinski definition) is 4. The Balaban J connectivity index is 2.30. The second kappa shape index (κ2) is 6.62. The van der Waals surface area contributed by atoms with E-state index in [1.807, 2.05) is 37.3 Å². The zero-order chi connectivity index (χ0) is 11.9. The van der Waals surface area contributed by atoms with Crippen LogP contribution in [0.1, 0.15) is 18.9 Å². The maximum Gasteiger partial charge on any atom is 0.291 e. The van der Waals surface area contributed by atoms with Gasteiger partial charge in [0.2, 0.25) is 0 Å². The van der Waals surface area contributed by atoms with Crippen molar-refractivity contribution in [3.05, 3.63) is 35.9 Å². The largest absolute Gasteiger partial charge is 0.358 e. The van der Waals surface area contributed by atoms with Crippen molar-refractivity contribution in [1.82, 2.24) is 0 Å². The maximum absolute atomic E-state index is 11.2. The molecule has 0 amide bonds. The van der Waals surface area contributed by atoms with Crippen molar-refractivity contribution in [3.63, 3.8) is 0 Å². The van der Waals surface area contributed by atoms with Crippen LogP contribution in [0.15, 0.2) is 30.3 Å². The zero-order valence-corrected chi connectivity index (χ0v) is 10.1. The van der Waals surface area contributed by atoms with Crippen molar-refractivity contribution >= 4 is 10.1 Å². The third kappa shape index (κ3) is 5.25. The molecule has 1 aromatic carbocycles. The van der Waals surface area contributed by atoms with Crippen LogP contribution in [0.4, 0.5) is 0 Å². The van der Waals surface area contributed by atoms with Crippen molar-refractivity contribution in [3.8, 4) is 0 Å². The van der Waals surface area contributed by atoms with E-state index < -0.39 is 16.1 Å². The molecule has 0 saturated carbocycles. The van der Waals surface area contributed by atoms with Gasteiger partial charge in [-0.1, -0.05) is 37.3 Å². The van der Waals surface area contributed by atoms with Gasteiger partial charge in [-0.05, 0) is 12.0 Å². The van der Waals surface area contributed by atoms with Crippen molar-refractivity contribution in [2.24, 2.45) is 0 Å². The number of ether oxygens (including phenoxy) is 1. The Bertz CT molecular complexity index is 386. The van der Waals surface area contributed by atoms with Crippen LogP contribution in [0, 0.1) is 0 Å². The highest BCUT2D eigenvalue weighted by Gasteiger charge is 2.10. The molecule has 0 bridgehead atoms. The molecule has 0 N–H and O–H groups in total. The fraction of sp³-hybridized carbons (Fsp3) is 0.455. The summed E-state index contributed by atoms with van der Waals surface area (Å²) in [6.45, 7) is 2.33. The lowest BCUT2D eigenvalue weighted by atomic mass is 10.2. The smallest absolute Gasteiger partial charge is 0.291 e. The lowest BCUT2D eigenvalue weighted by molar-refractivity contribution is 0.151. The Morgan fingerprint density at radius 2 is 1.88 bits per heavy atom. The van der Waals surface area contributed by atoms with E-state index in [9.17, 15) is 8.42 Å². The molecule has 0 aliphatic heterocycles. The van der Waals surface area contributed by atoms with Gasteiger partial charge < -0.3 is 4.74 Å². The minimum absolute atomic E-state index is 0.205. The Morgan fingerprint density at radius 1 is 1.19 bits per heavy atom. The van der Waals surface area contributed by atoms with Crippen LogP contribution in [0.5, 0.6) is 0 Å². The summed E-state index contributed by atoms with van der Waals surface area (Å²) >= 11 is 0. The summed E-state index contributed by atoms with van der Waals surface area (Å²) in [5.41, 5.74) is 0.938. The SMILES string of the molecule is CCCOS(=O)(=O)COCc1ccccc1. The van der Waals surface area contributed by atoms with E-state index in [4.69, 9.17) is 4.74 Å². The molecular formula is C11H16O4S. The maximum atomic E-state index is 11.2. The molecule has 16 heavy (non-hydrogen) atoms. The quantitative estimate of drug-likeness (QED) is 0.688. The summed E-state index contributed by atoms with van der Waals surface area (Å²) in [5.74, 6) is -0.401. The molecule has 0 aromatic heterocycles. The average molecular weight is 244 g/mol. The molecule has 0 unspecified atom stereocenters. The van der Waals surface area contributed by atoms with Crippen LogP contribution < -0.4 is 0 Å². The van der Waals surface area contributed by atoms with Gasteiger partial charge in [0.05, 0.1) is 13.2 Å². The van der Waals surface area contributed by atoms with Gasteiger partial charge in [0, 0.05) is 0 Å². The highest BCUT2D eigenvalue weighted by atomic mass is 32.2. The monoisotopic (exact) mass is 244 g/mol. The predicted octanol–water partition coefficient (Wildman–Crippen LogP) is 1.92. The van der Waals surface area contributed by atoms with Crippen LogP contribution in [0.3, 0.4) is 0 Å². The Morgan fingerprint density at radius 3 is 2.50 bits per heavy atom. The van der Waals surface area contributed by atoms with E-state index >= 15 is 0 Å². The third-order valence-electron chi connectivity index (χ3n) is 1.81. The molecule has 5 heteroatoms. The second-order valence-corrected chi connectivity index (χ2v) is 4.92. The molecule has 0 fully saturated rings. The molecular weight excluding hydrogens is 228 g/mol. The number of hydrogen-bond donors (Lipinski definition) is 0. The minimum Gasteiger partial charge on any atom is -0.358 e. The van der Waals surface area contributed by atoms with Crippen molar-refractivity contribution in [2.45, 2.75) is 20.0 Å². The average Bonchev–Trinajstić information content (AvgIpc) is 2.28. The zero-order valence-electron chi connectivity index (χ0n) is 9.26. The lowest BCUT2D eigenvalue weighted by Crippen LogP contribution is -2.13. The van der Waals surface area contributed by atoms with Crippen LogP contribution >= 0.6 is 0 Å². The molecule has 1 rings (SSSR count). The summed E-state index contributed by atoms with van der Waals surface area (Å²) in [5, 5.41) is 0. The Labute approximate surface area is 96.3 Å². The molecule has 90 valence electrons. The molecule has 0 aliphatic rings. The van der Waals surface area contributed by atoms with Crippen LogP contribution in [-0.2, 0) is 25.6 Å². The molecule has 4 nitrogen and oxygen atoms in total. The highest BCUT2D eigenvalue weighted by molar-refractivity contribution is 7.86. The third-order valence-corrected chi connectivity index (χ3v) is 2.79. The van der Waals surface area contributed by atoms with Crippen molar-refractivity contribution < 1.29 is 17.3 Å². The molecule has 1 aromatic rings. The van der Waals surface area contributed by atoms with E-state index in [-0.39, 0.29) is 13.2 Å². The Hall–Kier alpha value is -0.910. The van der Waals surface area contributed by atoms with Gasteiger partial charge in [-0.2, -0.15) is 8.42 Å². The molecule has 0 spiro atoms. The number of benzene rings is 1. The number of rotatable bonds is 7. The van der Waals surface area contributed by atoms with Gasteiger partial charge in [-0.15, -0.1) is 0 Å². The summed E-state index contributed by atoms with van der Waals surface area (Å²) in [6.07, 6.45) is 0.665. The minimum atomic E-state index is -3.54. The van der Waals surface area contributed by atoms with Gasteiger partial charge in [-0.25, -0.2) is 0 Å². The summed E-state index contributed by atoms with van der Waals surface area (Å²) in [7, 11) is -3.54. The first-order valence-electron chi connectivity index (χ1n) is 5.13. The van der Waals surface area contributed by atoms with E-state index in [1.54, 1.807) is 0 Å². The van der Waals surface area contributed by atoms with E-state index in [1.165, 1.54) is 0 Å². The van der Waals surface area contributed by atoms with Crippen molar-refractivity contribution in [2.75, 3.05) is 12.5 Å². The molecule has 0 radical (unpaired) electrons. The van der Waals surface area contributed by atoms with Crippen LogP contribution in [-0.4, -0.2) is 21.0 Å². The molecule has 0 saturated heterocycles. The fourth-order valence-electron chi connectivity index (χ4n) is 1.08. The molecule has 0 heterocycles. The van der Waals surface area contributed by atoms with Crippen molar-refractivity contribution in [1.29, 1.82) is 0 Å². The first-order chi connectivity index (χ1) is 7.64. The van der Waals surface area contributed by atoms with Gasteiger partial charge in [0.15, 0.2) is 5.94 Å². The molecule has 0 atom stereocenters. The lowest BCUT2D eigenvalue weighted by Gasteiger charge is -2.05. The highest BCUT2D eigenvalue weighted by Crippen LogP contribution is 2.03. The first-order valence-corrected chi connectivity index (χ1v) is 6.70. The van der Waals surface area contributed by atoms with Gasteiger partial charge in [0.1, 0.15) is 0 Å². The van der Waals surface area contributed by atoms with Gasteiger partial charge in [0.25, 0.3) is 10.1 Å². The topological polar surface area (TPSA) is 52.6 Å². The van der Waals surface area contributed by atoms with E-state index in [0.29, 0.717) is 6.42 Å².